The van der Waals surface area contributed by atoms with Crippen LogP contribution in [0.2, 0.25) is 0 Å². The van der Waals surface area contributed by atoms with E-state index >= 15 is 0 Å². The largest absolute Gasteiger partial charge is 0.494 e. The highest BCUT2D eigenvalue weighted by molar-refractivity contribution is 6.07. The quantitative estimate of drug-likeness (QED) is 0.583. The minimum Gasteiger partial charge on any atom is -0.494 e. The van der Waals surface area contributed by atoms with E-state index in [1.807, 2.05) is 43.3 Å². The topological polar surface area (TPSA) is 47.9 Å². The van der Waals surface area contributed by atoms with Gasteiger partial charge in [-0.05, 0) is 55.2 Å². The summed E-state index contributed by atoms with van der Waals surface area (Å²) >= 11 is 0. The van der Waals surface area contributed by atoms with E-state index < -0.39 is 5.97 Å². The van der Waals surface area contributed by atoms with Gasteiger partial charge in [0.15, 0.2) is 11.6 Å². The first-order valence-electron chi connectivity index (χ1n) is 8.44. The lowest BCUT2D eigenvalue weighted by molar-refractivity contribution is -0.130. The molecule has 0 N–H and O–H groups in total. The molecule has 0 aromatic heterocycles. The van der Waals surface area contributed by atoms with Crippen LogP contribution in [0.3, 0.4) is 0 Å². The molecule has 2 aromatic rings. The molecule has 0 saturated carbocycles. The van der Waals surface area contributed by atoms with Crippen LogP contribution in [-0.4, -0.2) is 18.5 Å². The van der Waals surface area contributed by atoms with Crippen LogP contribution in [0.25, 0.3) is 6.08 Å². The zero-order valence-corrected chi connectivity index (χ0v) is 14.5. The van der Waals surface area contributed by atoms with Gasteiger partial charge in [0.2, 0.25) is 0 Å². The zero-order chi connectivity index (χ0) is 17.6. The molecule has 1 heterocycles. The first-order valence-corrected chi connectivity index (χ1v) is 8.44. The summed E-state index contributed by atoms with van der Waals surface area (Å²) in [5.74, 6) is 0.842. The van der Waals surface area contributed by atoms with Crippen molar-refractivity contribution in [3.05, 3.63) is 70.9 Å². The molecule has 3 rings (SSSR count). The fourth-order valence-electron chi connectivity index (χ4n) is 2.71. The molecular formula is C21H21NO3. The molecule has 0 unspecified atom stereocenters. The lowest BCUT2D eigenvalue weighted by atomic mass is 10.0. The average molecular weight is 335 g/mol. The van der Waals surface area contributed by atoms with Crippen molar-refractivity contribution in [2.75, 3.05) is 6.61 Å². The van der Waals surface area contributed by atoms with Gasteiger partial charge in [0, 0.05) is 6.42 Å². The summed E-state index contributed by atoms with van der Waals surface area (Å²) < 4.78 is 10.8. The molecule has 4 nitrogen and oxygen atoms in total. The summed E-state index contributed by atoms with van der Waals surface area (Å²) in [6.45, 7) is 4.61. The van der Waals surface area contributed by atoms with Crippen LogP contribution in [-0.2, 0) is 16.0 Å². The first-order chi connectivity index (χ1) is 12.2. The van der Waals surface area contributed by atoms with E-state index in [4.69, 9.17) is 9.47 Å². The molecule has 0 bridgehead atoms. The molecule has 0 atom stereocenters. The number of esters is 1. The second kappa shape index (κ2) is 7.79. The summed E-state index contributed by atoms with van der Waals surface area (Å²) in [5, 5.41) is 0. The average Bonchev–Trinajstić information content (AvgIpc) is 2.94. The second-order valence-electron chi connectivity index (χ2n) is 5.86. The van der Waals surface area contributed by atoms with E-state index in [0.717, 1.165) is 17.7 Å². The van der Waals surface area contributed by atoms with Crippen molar-refractivity contribution in [1.82, 2.24) is 0 Å². The maximum Gasteiger partial charge on any atom is 0.363 e. The summed E-state index contributed by atoms with van der Waals surface area (Å²) in [6, 6.07) is 15.8. The Bertz CT molecular complexity index is 837. The first kappa shape index (κ1) is 17.0. The van der Waals surface area contributed by atoms with Crippen molar-refractivity contribution in [3.63, 3.8) is 0 Å². The Morgan fingerprint density at radius 2 is 1.96 bits per heavy atom. The summed E-state index contributed by atoms with van der Waals surface area (Å²) in [6.07, 6.45) is 3.13. The lowest BCUT2D eigenvalue weighted by Gasteiger charge is -2.04. The molecule has 0 spiro atoms. The van der Waals surface area contributed by atoms with Crippen LogP contribution >= 0.6 is 0 Å². The number of nitrogens with zero attached hydrogens (tertiary/aromatic N) is 1. The van der Waals surface area contributed by atoms with Gasteiger partial charge in [-0.25, -0.2) is 9.79 Å². The zero-order valence-electron chi connectivity index (χ0n) is 14.5. The highest BCUT2D eigenvalue weighted by Crippen LogP contribution is 2.21. The van der Waals surface area contributed by atoms with Crippen LogP contribution in [0.4, 0.5) is 0 Å². The molecule has 0 saturated heterocycles. The van der Waals surface area contributed by atoms with E-state index in [9.17, 15) is 4.79 Å². The third kappa shape index (κ3) is 4.35. The summed E-state index contributed by atoms with van der Waals surface area (Å²) in [4.78, 5) is 16.4. The fourth-order valence-corrected chi connectivity index (χ4v) is 2.71. The number of rotatable bonds is 6. The fraction of sp³-hybridized carbons (Fsp3) is 0.238. The Hall–Kier alpha value is -2.88. The third-order valence-electron chi connectivity index (χ3n) is 4.01. The molecule has 0 radical (unpaired) electrons. The number of hydrogen-bond donors (Lipinski definition) is 0. The molecule has 0 fully saturated rings. The van der Waals surface area contributed by atoms with Crippen molar-refractivity contribution in [2.45, 2.75) is 26.7 Å². The van der Waals surface area contributed by atoms with E-state index in [-0.39, 0.29) is 0 Å². The predicted octanol–water partition coefficient (Wildman–Crippen LogP) is 4.32. The number of benzene rings is 2. The Balaban J connectivity index is 1.71. The molecule has 2 aromatic carbocycles. The maximum atomic E-state index is 12.0. The summed E-state index contributed by atoms with van der Waals surface area (Å²) in [5.41, 5.74) is 3.66. The number of aliphatic imine (C=N–C) groups is 1. The van der Waals surface area contributed by atoms with Gasteiger partial charge in [0.1, 0.15) is 5.75 Å². The van der Waals surface area contributed by atoms with Crippen molar-refractivity contribution < 1.29 is 14.3 Å². The van der Waals surface area contributed by atoms with E-state index in [2.05, 4.69) is 24.0 Å². The molecule has 4 heteroatoms. The molecule has 128 valence electrons. The van der Waals surface area contributed by atoms with Crippen LogP contribution < -0.4 is 4.74 Å². The Morgan fingerprint density at radius 3 is 2.76 bits per heavy atom. The number of hydrogen-bond acceptors (Lipinski definition) is 4. The van der Waals surface area contributed by atoms with Crippen molar-refractivity contribution in [1.29, 1.82) is 0 Å². The minimum atomic E-state index is -0.401. The van der Waals surface area contributed by atoms with Crippen LogP contribution in [0.5, 0.6) is 5.75 Å². The Morgan fingerprint density at radius 1 is 1.12 bits per heavy atom. The van der Waals surface area contributed by atoms with Gasteiger partial charge in [0.25, 0.3) is 0 Å². The van der Waals surface area contributed by atoms with Gasteiger partial charge >= 0.3 is 5.97 Å². The molecule has 25 heavy (non-hydrogen) atoms. The third-order valence-corrected chi connectivity index (χ3v) is 4.01. The smallest absolute Gasteiger partial charge is 0.363 e. The van der Waals surface area contributed by atoms with Gasteiger partial charge in [-0.15, -0.1) is 0 Å². The molecular weight excluding hydrogens is 314 g/mol. The lowest BCUT2D eigenvalue weighted by Crippen LogP contribution is -2.05. The monoisotopic (exact) mass is 335 g/mol. The van der Waals surface area contributed by atoms with E-state index in [0.29, 0.717) is 24.6 Å². The maximum absolute atomic E-state index is 12.0. The number of aryl methyl sites for hydroxylation is 2. The molecule has 1 aliphatic rings. The minimum absolute atomic E-state index is 0.327. The van der Waals surface area contributed by atoms with Crippen molar-refractivity contribution in [2.24, 2.45) is 4.99 Å². The highest BCUT2D eigenvalue weighted by Gasteiger charge is 2.22. The number of ether oxygens (including phenoxy) is 2. The van der Waals surface area contributed by atoms with E-state index in [1.165, 1.54) is 11.1 Å². The van der Waals surface area contributed by atoms with Crippen LogP contribution in [0, 0.1) is 6.92 Å². The summed E-state index contributed by atoms with van der Waals surface area (Å²) in [7, 11) is 0. The normalized spacial score (nSPS) is 15.2. The van der Waals surface area contributed by atoms with Crippen molar-refractivity contribution >= 4 is 17.9 Å². The van der Waals surface area contributed by atoms with Gasteiger partial charge in [0.05, 0.1) is 6.61 Å². The number of carbonyl (C=O) groups is 1. The molecule has 1 aliphatic heterocycles. The van der Waals surface area contributed by atoms with Crippen LogP contribution in [0.1, 0.15) is 30.0 Å². The van der Waals surface area contributed by atoms with Crippen LogP contribution in [0.15, 0.2) is 59.2 Å². The SMILES string of the molecule is CCOc1cccc(/C=C2/N=C(CCc3ccccc3C)OC2=O)c1. The highest BCUT2D eigenvalue weighted by atomic mass is 16.6. The van der Waals surface area contributed by atoms with Gasteiger partial charge in [-0.2, -0.15) is 0 Å². The van der Waals surface area contributed by atoms with Gasteiger partial charge in [-0.3, -0.25) is 0 Å². The Kier molecular flexibility index (Phi) is 5.29. The van der Waals surface area contributed by atoms with Crippen molar-refractivity contribution in [3.8, 4) is 5.75 Å². The van der Waals surface area contributed by atoms with Gasteiger partial charge in [-0.1, -0.05) is 36.4 Å². The van der Waals surface area contributed by atoms with E-state index in [1.54, 1.807) is 6.08 Å². The molecule has 0 amide bonds. The standard InChI is InChI=1S/C21H21NO3/c1-3-24-18-10-6-8-16(13-18)14-19-21(23)25-20(22-19)12-11-17-9-5-4-7-15(17)2/h4-10,13-14H,3,11-12H2,1-2H3/b19-14+. The van der Waals surface area contributed by atoms with Gasteiger partial charge < -0.3 is 9.47 Å². The molecule has 0 aliphatic carbocycles. The predicted molar refractivity (Wildman–Crippen MR) is 98.6 cm³/mol. The number of carbonyl (C=O) groups excluding carboxylic acids is 1. The number of cyclic esters (lactones) is 1. The second-order valence-corrected chi connectivity index (χ2v) is 5.86. The Labute approximate surface area is 147 Å².